The highest BCUT2D eigenvalue weighted by Crippen LogP contribution is 2.31. The van der Waals surface area contributed by atoms with Crippen molar-refractivity contribution in [3.05, 3.63) is 35.1 Å². The van der Waals surface area contributed by atoms with Gasteiger partial charge in [-0.3, -0.25) is 0 Å². The summed E-state index contributed by atoms with van der Waals surface area (Å²) in [4.78, 5) is 4.57. The molecule has 1 fully saturated rings. The number of ether oxygens (including phenoxy) is 1. The average molecular weight is 449 g/mol. The molecule has 2 N–H and O–H groups in total. The fourth-order valence-corrected chi connectivity index (χ4v) is 4.29. The Balaban J connectivity index is 0.00000140. The maximum absolute atomic E-state index is 10.1. The molecule has 0 spiro atoms. The van der Waals surface area contributed by atoms with Crippen molar-refractivity contribution in [2.45, 2.75) is 50.8 Å². The molecule has 0 amide bonds. The van der Waals surface area contributed by atoms with Crippen LogP contribution in [0.3, 0.4) is 0 Å². The summed E-state index contributed by atoms with van der Waals surface area (Å²) < 4.78 is 7.68. The van der Waals surface area contributed by atoms with E-state index in [0.29, 0.717) is 6.61 Å². The fraction of sp³-hybridized carbons (Fsp3) is 0.550. The Morgan fingerprint density at radius 1 is 1.32 bits per heavy atom. The van der Waals surface area contributed by atoms with Crippen LogP contribution in [0.1, 0.15) is 37.7 Å². The molecule has 2 aliphatic heterocycles. The molecule has 156 valence electrons. The lowest BCUT2D eigenvalue weighted by Crippen LogP contribution is -2.44. The van der Waals surface area contributed by atoms with Crippen molar-refractivity contribution < 1.29 is 9.84 Å². The van der Waals surface area contributed by atoms with Crippen LogP contribution >= 0.6 is 36.4 Å². The van der Waals surface area contributed by atoms with E-state index in [1.807, 2.05) is 18.5 Å². The molecule has 3 heterocycles. The molecule has 4 rings (SSSR count). The Morgan fingerprint density at radius 2 is 2.18 bits per heavy atom. The highest BCUT2D eigenvalue weighted by Gasteiger charge is 2.22. The Kier molecular flexibility index (Phi) is 9.06. The van der Waals surface area contributed by atoms with Crippen molar-refractivity contribution in [2.24, 2.45) is 0 Å². The van der Waals surface area contributed by atoms with Gasteiger partial charge in [0.1, 0.15) is 0 Å². The minimum Gasteiger partial charge on any atom is -0.392 e. The first kappa shape index (κ1) is 23.5. The molecular formula is C20H28Cl3N3O2. The zero-order valence-corrected chi connectivity index (χ0v) is 18.2. The van der Waals surface area contributed by atoms with Crippen LogP contribution in [0.4, 0.5) is 0 Å². The van der Waals surface area contributed by atoms with E-state index >= 15 is 0 Å². The van der Waals surface area contributed by atoms with E-state index in [4.69, 9.17) is 16.3 Å². The van der Waals surface area contributed by atoms with Gasteiger partial charge >= 0.3 is 0 Å². The Morgan fingerprint density at radius 3 is 2.93 bits per heavy atom. The summed E-state index contributed by atoms with van der Waals surface area (Å²) in [5.41, 5.74) is 4.55. The number of benzene rings is 1. The van der Waals surface area contributed by atoms with Crippen LogP contribution in [0.2, 0.25) is 5.02 Å². The largest absolute Gasteiger partial charge is 0.392 e. The third kappa shape index (κ3) is 5.21. The first-order valence-corrected chi connectivity index (χ1v) is 9.93. The number of aliphatic hydroxyl groups excluding tert-OH is 1. The topological polar surface area (TPSA) is 59.3 Å². The van der Waals surface area contributed by atoms with E-state index in [1.165, 1.54) is 11.1 Å². The van der Waals surface area contributed by atoms with Crippen LogP contribution in [-0.2, 0) is 11.3 Å². The lowest BCUT2D eigenvalue weighted by Gasteiger charge is -2.29. The van der Waals surface area contributed by atoms with Crippen molar-refractivity contribution in [3.8, 4) is 0 Å². The molecule has 0 aliphatic carbocycles. The summed E-state index contributed by atoms with van der Waals surface area (Å²) in [5, 5.41) is 14.3. The summed E-state index contributed by atoms with van der Waals surface area (Å²) >= 11 is 6.33. The standard InChI is InChI=1S/C20H26ClN3O2.2ClH/c21-15-11-16(14-5-9-26-10-6-14)20-18(12-15)23-13-24(20)8-2-3-17-19(25)4-1-7-22-17;;/h5,11-13,17,19,22,25H,1-4,6-10H2;2*1H/t17-,19+;;/m1../s1. The second-order valence-electron chi connectivity index (χ2n) is 7.23. The van der Waals surface area contributed by atoms with Crippen molar-refractivity contribution in [2.75, 3.05) is 19.8 Å². The van der Waals surface area contributed by atoms with Gasteiger partial charge in [-0.25, -0.2) is 4.98 Å². The molecule has 0 bridgehead atoms. The molecule has 0 unspecified atom stereocenters. The zero-order chi connectivity index (χ0) is 17.9. The van der Waals surface area contributed by atoms with Crippen molar-refractivity contribution in [3.63, 3.8) is 0 Å². The number of hydrogen-bond donors (Lipinski definition) is 2. The summed E-state index contributed by atoms with van der Waals surface area (Å²) in [7, 11) is 0. The molecule has 2 aliphatic rings. The Labute approximate surface area is 183 Å². The van der Waals surface area contributed by atoms with Gasteiger partial charge in [0.25, 0.3) is 0 Å². The monoisotopic (exact) mass is 447 g/mol. The van der Waals surface area contributed by atoms with E-state index in [1.54, 1.807) is 0 Å². The van der Waals surface area contributed by atoms with E-state index in [2.05, 4.69) is 20.9 Å². The molecule has 28 heavy (non-hydrogen) atoms. The third-order valence-electron chi connectivity index (χ3n) is 5.45. The molecule has 2 aromatic rings. The van der Waals surface area contributed by atoms with Crippen LogP contribution in [0, 0.1) is 0 Å². The summed E-state index contributed by atoms with van der Waals surface area (Å²) in [6.07, 6.45) is 8.69. The normalized spacial score (nSPS) is 22.3. The van der Waals surface area contributed by atoms with Gasteiger partial charge < -0.3 is 19.7 Å². The van der Waals surface area contributed by atoms with Crippen molar-refractivity contribution in [1.29, 1.82) is 0 Å². The van der Waals surface area contributed by atoms with Crippen LogP contribution < -0.4 is 5.32 Å². The molecular weight excluding hydrogens is 421 g/mol. The second kappa shape index (κ2) is 10.8. The lowest BCUT2D eigenvalue weighted by atomic mass is 9.97. The maximum Gasteiger partial charge on any atom is 0.0958 e. The summed E-state index contributed by atoms with van der Waals surface area (Å²) in [6.45, 7) is 3.30. The minimum absolute atomic E-state index is 0. The number of aromatic nitrogens is 2. The van der Waals surface area contributed by atoms with Gasteiger partial charge in [0.15, 0.2) is 0 Å². The highest BCUT2D eigenvalue weighted by molar-refractivity contribution is 6.31. The van der Waals surface area contributed by atoms with Gasteiger partial charge in [-0.05, 0) is 56.4 Å². The Hall–Kier alpha value is -0.820. The highest BCUT2D eigenvalue weighted by atomic mass is 35.5. The number of hydrogen-bond acceptors (Lipinski definition) is 4. The van der Waals surface area contributed by atoms with Gasteiger partial charge in [-0.15, -0.1) is 24.8 Å². The number of nitrogens with zero attached hydrogens (tertiary/aromatic N) is 2. The van der Waals surface area contributed by atoms with E-state index < -0.39 is 0 Å². The first-order valence-electron chi connectivity index (χ1n) is 9.55. The van der Waals surface area contributed by atoms with Crippen molar-refractivity contribution in [1.82, 2.24) is 14.9 Å². The van der Waals surface area contributed by atoms with Crippen LogP contribution in [0.25, 0.3) is 16.6 Å². The molecule has 1 aromatic carbocycles. The number of halogens is 3. The van der Waals surface area contributed by atoms with Crippen molar-refractivity contribution >= 4 is 53.0 Å². The first-order chi connectivity index (χ1) is 12.7. The smallest absolute Gasteiger partial charge is 0.0958 e. The summed E-state index contributed by atoms with van der Waals surface area (Å²) in [6, 6.07) is 4.19. The number of aliphatic hydroxyl groups is 1. The van der Waals surface area contributed by atoms with Gasteiger partial charge in [-0.1, -0.05) is 17.7 Å². The third-order valence-corrected chi connectivity index (χ3v) is 5.67. The number of piperidine rings is 1. The second-order valence-corrected chi connectivity index (χ2v) is 7.66. The number of nitrogens with one attached hydrogen (secondary N) is 1. The molecule has 0 saturated carbocycles. The van der Waals surface area contributed by atoms with E-state index in [-0.39, 0.29) is 37.0 Å². The van der Waals surface area contributed by atoms with Gasteiger partial charge in [0.2, 0.25) is 0 Å². The summed E-state index contributed by atoms with van der Waals surface area (Å²) in [5.74, 6) is 0. The molecule has 5 nitrogen and oxygen atoms in total. The molecule has 8 heteroatoms. The lowest BCUT2D eigenvalue weighted by molar-refractivity contribution is 0.0909. The SMILES string of the molecule is Cl.Cl.O[C@H]1CCCN[C@@H]1CCCn1cnc2cc(Cl)cc(C3=CCOCC3)c21. The van der Waals surface area contributed by atoms with E-state index in [0.717, 1.165) is 67.9 Å². The number of rotatable bonds is 5. The van der Waals surface area contributed by atoms with Gasteiger partial charge in [-0.2, -0.15) is 0 Å². The zero-order valence-electron chi connectivity index (χ0n) is 15.8. The van der Waals surface area contributed by atoms with Crippen LogP contribution in [0.5, 0.6) is 0 Å². The number of aryl methyl sites for hydroxylation is 1. The molecule has 1 aromatic heterocycles. The average Bonchev–Trinajstić information content (AvgIpc) is 3.06. The van der Waals surface area contributed by atoms with Gasteiger partial charge in [0, 0.05) is 23.2 Å². The van der Waals surface area contributed by atoms with E-state index in [9.17, 15) is 5.11 Å². The quantitative estimate of drug-likeness (QED) is 0.718. The fourth-order valence-electron chi connectivity index (χ4n) is 4.07. The number of fused-ring (bicyclic) bond motifs is 1. The van der Waals surface area contributed by atoms with Crippen LogP contribution in [0.15, 0.2) is 24.5 Å². The predicted octanol–water partition coefficient (Wildman–Crippen LogP) is 4.23. The van der Waals surface area contributed by atoms with Gasteiger partial charge in [0.05, 0.1) is 36.7 Å². The van der Waals surface area contributed by atoms with Crippen LogP contribution in [-0.4, -0.2) is 46.6 Å². The number of imidazole rings is 1. The Bertz CT molecular complexity index is 809. The maximum atomic E-state index is 10.1. The minimum atomic E-state index is -0.218. The molecule has 1 saturated heterocycles. The molecule has 2 atom stereocenters. The molecule has 0 radical (unpaired) electrons. The predicted molar refractivity (Wildman–Crippen MR) is 119 cm³/mol.